The van der Waals surface area contributed by atoms with Gasteiger partial charge in [0, 0.05) is 24.7 Å². The molecule has 6 heteroatoms. The summed E-state index contributed by atoms with van der Waals surface area (Å²) in [6.07, 6.45) is 7.52. The smallest absolute Gasteiger partial charge is 0.233 e. The first-order valence-corrected chi connectivity index (χ1v) is 9.26. The van der Waals surface area contributed by atoms with Crippen LogP contribution in [-0.2, 0) is 20.5 Å². The molecule has 1 spiro atoms. The van der Waals surface area contributed by atoms with Crippen LogP contribution in [0.25, 0.3) is 0 Å². The maximum atomic E-state index is 13.5. The van der Waals surface area contributed by atoms with E-state index in [1.54, 1.807) is 19.5 Å². The number of hydrogen-bond acceptors (Lipinski definition) is 5. The number of benzene rings is 1. The van der Waals surface area contributed by atoms with E-state index in [4.69, 9.17) is 9.47 Å². The van der Waals surface area contributed by atoms with Crippen LogP contribution in [0, 0.1) is 0 Å². The van der Waals surface area contributed by atoms with Crippen LogP contribution >= 0.6 is 0 Å². The summed E-state index contributed by atoms with van der Waals surface area (Å²) < 4.78 is 11.3. The molecule has 0 N–H and O–H groups in total. The van der Waals surface area contributed by atoms with E-state index in [1.807, 2.05) is 35.2 Å². The van der Waals surface area contributed by atoms with Crippen molar-refractivity contribution in [3.63, 3.8) is 0 Å². The van der Waals surface area contributed by atoms with Gasteiger partial charge in [0.25, 0.3) is 0 Å². The SMILES string of the molecule is COc1cccc(C2(C(=O)N3CCC4(C3)OC=Nc3cnccc34)CC2)c1. The lowest BCUT2D eigenvalue weighted by molar-refractivity contribution is -0.133. The molecule has 138 valence electrons. The van der Waals surface area contributed by atoms with Gasteiger partial charge in [-0.25, -0.2) is 4.99 Å². The van der Waals surface area contributed by atoms with E-state index in [9.17, 15) is 4.79 Å². The highest BCUT2D eigenvalue weighted by Gasteiger charge is 2.56. The van der Waals surface area contributed by atoms with Crippen molar-refractivity contribution in [2.24, 2.45) is 4.99 Å². The number of rotatable bonds is 3. The van der Waals surface area contributed by atoms with Crippen molar-refractivity contribution in [1.82, 2.24) is 9.88 Å². The first kappa shape index (κ1) is 16.3. The number of aliphatic imine (C=N–C) groups is 1. The van der Waals surface area contributed by atoms with E-state index in [2.05, 4.69) is 9.98 Å². The topological polar surface area (TPSA) is 64.0 Å². The molecule has 0 bridgehead atoms. The molecular weight excluding hydrogens is 342 g/mol. The molecule has 1 saturated carbocycles. The van der Waals surface area contributed by atoms with Crippen molar-refractivity contribution in [3.8, 4) is 5.75 Å². The largest absolute Gasteiger partial charge is 0.497 e. The molecule has 2 fully saturated rings. The Morgan fingerprint density at radius 3 is 2.96 bits per heavy atom. The van der Waals surface area contributed by atoms with Gasteiger partial charge in [-0.2, -0.15) is 0 Å². The van der Waals surface area contributed by atoms with E-state index in [0.29, 0.717) is 13.1 Å². The quantitative estimate of drug-likeness (QED) is 0.841. The predicted octanol–water partition coefficient (Wildman–Crippen LogP) is 2.94. The lowest BCUT2D eigenvalue weighted by atomic mass is 9.91. The zero-order valence-electron chi connectivity index (χ0n) is 15.2. The number of carbonyl (C=O) groups is 1. The number of aromatic nitrogens is 1. The Kier molecular flexibility index (Phi) is 3.50. The maximum absolute atomic E-state index is 13.5. The summed E-state index contributed by atoms with van der Waals surface area (Å²) in [7, 11) is 1.65. The zero-order chi connectivity index (χ0) is 18.5. The lowest BCUT2D eigenvalue weighted by Gasteiger charge is -2.32. The number of nitrogens with zero attached hydrogens (tertiary/aromatic N) is 3. The lowest BCUT2D eigenvalue weighted by Crippen LogP contribution is -2.41. The van der Waals surface area contributed by atoms with Crippen molar-refractivity contribution in [3.05, 3.63) is 53.9 Å². The monoisotopic (exact) mass is 363 g/mol. The third kappa shape index (κ3) is 2.43. The zero-order valence-corrected chi connectivity index (χ0v) is 15.2. The van der Waals surface area contributed by atoms with Crippen LogP contribution in [0.5, 0.6) is 5.75 Å². The van der Waals surface area contributed by atoms with Crippen molar-refractivity contribution in [1.29, 1.82) is 0 Å². The van der Waals surface area contributed by atoms with Gasteiger partial charge in [0.2, 0.25) is 5.91 Å². The Bertz CT molecular complexity index is 938. The molecule has 1 amide bonds. The highest BCUT2D eigenvalue weighted by molar-refractivity contribution is 5.92. The fraction of sp³-hybridized carbons (Fsp3) is 0.381. The molecule has 2 aromatic rings. The van der Waals surface area contributed by atoms with Gasteiger partial charge >= 0.3 is 0 Å². The fourth-order valence-corrected chi connectivity index (χ4v) is 4.37. The number of methoxy groups -OCH3 is 1. The Hall–Kier alpha value is -2.89. The Balaban J connectivity index is 1.42. The first-order chi connectivity index (χ1) is 13.2. The second-order valence-corrected chi connectivity index (χ2v) is 7.53. The number of ether oxygens (including phenoxy) is 2. The maximum Gasteiger partial charge on any atom is 0.233 e. The van der Waals surface area contributed by atoms with E-state index < -0.39 is 11.0 Å². The summed E-state index contributed by atoms with van der Waals surface area (Å²) >= 11 is 0. The molecule has 6 nitrogen and oxygen atoms in total. The van der Waals surface area contributed by atoms with Crippen molar-refractivity contribution < 1.29 is 14.3 Å². The highest BCUT2D eigenvalue weighted by atomic mass is 16.5. The number of fused-ring (bicyclic) bond motifs is 2. The highest BCUT2D eigenvalue weighted by Crippen LogP contribution is 2.52. The van der Waals surface area contributed by atoms with Crippen molar-refractivity contribution in [2.45, 2.75) is 30.3 Å². The molecule has 1 saturated heterocycles. The summed E-state index contributed by atoms with van der Waals surface area (Å²) in [6, 6.07) is 9.84. The average Bonchev–Trinajstić information content (AvgIpc) is 3.43. The van der Waals surface area contributed by atoms with Gasteiger partial charge in [-0.05, 0) is 36.6 Å². The van der Waals surface area contributed by atoms with E-state index in [1.165, 1.54) is 6.40 Å². The van der Waals surface area contributed by atoms with Gasteiger partial charge in [0.15, 0.2) is 12.0 Å². The van der Waals surface area contributed by atoms with Gasteiger partial charge in [0.1, 0.15) is 5.75 Å². The minimum Gasteiger partial charge on any atom is -0.497 e. The molecule has 1 unspecified atom stereocenters. The second-order valence-electron chi connectivity index (χ2n) is 7.53. The Labute approximate surface area is 157 Å². The molecule has 1 aromatic heterocycles. The van der Waals surface area contributed by atoms with Crippen molar-refractivity contribution in [2.75, 3.05) is 20.2 Å². The molecule has 5 rings (SSSR count). The van der Waals surface area contributed by atoms with Gasteiger partial charge in [-0.1, -0.05) is 12.1 Å². The number of hydrogen-bond donors (Lipinski definition) is 0. The minimum absolute atomic E-state index is 0.189. The predicted molar refractivity (Wildman–Crippen MR) is 100 cm³/mol. The molecular formula is C21H21N3O3. The summed E-state index contributed by atoms with van der Waals surface area (Å²) in [5.41, 5.74) is 1.96. The fourth-order valence-electron chi connectivity index (χ4n) is 4.37. The number of pyridine rings is 1. The van der Waals surface area contributed by atoms with Gasteiger partial charge in [0.05, 0.1) is 31.0 Å². The van der Waals surface area contributed by atoms with Gasteiger partial charge in [-0.15, -0.1) is 0 Å². The molecule has 1 atom stereocenters. The molecule has 3 heterocycles. The third-order valence-corrected chi connectivity index (χ3v) is 6.06. The van der Waals surface area contributed by atoms with Gasteiger partial charge < -0.3 is 14.4 Å². The summed E-state index contributed by atoms with van der Waals surface area (Å²) in [4.78, 5) is 23.8. The van der Waals surface area contributed by atoms with E-state index in [0.717, 1.165) is 41.8 Å². The number of carbonyl (C=O) groups excluding carboxylic acids is 1. The van der Waals surface area contributed by atoms with Crippen LogP contribution in [0.1, 0.15) is 30.4 Å². The average molecular weight is 363 g/mol. The second kappa shape index (κ2) is 5.81. The van der Waals surface area contributed by atoms with E-state index in [-0.39, 0.29) is 5.91 Å². The van der Waals surface area contributed by atoms with Crippen LogP contribution in [0.3, 0.4) is 0 Å². The normalized spacial score (nSPS) is 24.4. The van der Waals surface area contributed by atoms with Gasteiger partial charge in [-0.3, -0.25) is 9.78 Å². The summed E-state index contributed by atoms with van der Waals surface area (Å²) in [6.45, 7) is 1.22. The van der Waals surface area contributed by atoms with Crippen LogP contribution in [-0.4, -0.2) is 42.4 Å². The third-order valence-electron chi connectivity index (χ3n) is 6.06. The molecule has 27 heavy (non-hydrogen) atoms. The standard InChI is InChI=1S/C21H21N3O3/c1-26-16-4-2-3-15(11-16)20(6-7-20)19(25)24-10-8-21(13-24)17-5-9-22-12-18(17)23-14-27-21/h2-5,9,11-12,14H,6-8,10,13H2,1H3. The number of likely N-dealkylation sites (tertiary alicyclic amines) is 1. The molecule has 2 aliphatic heterocycles. The van der Waals surface area contributed by atoms with Crippen LogP contribution in [0.4, 0.5) is 5.69 Å². The van der Waals surface area contributed by atoms with Crippen LogP contribution in [0.15, 0.2) is 47.7 Å². The number of amides is 1. The Morgan fingerprint density at radius 2 is 2.15 bits per heavy atom. The first-order valence-electron chi connectivity index (χ1n) is 9.26. The van der Waals surface area contributed by atoms with E-state index >= 15 is 0 Å². The van der Waals surface area contributed by atoms with Crippen LogP contribution in [0.2, 0.25) is 0 Å². The van der Waals surface area contributed by atoms with Crippen molar-refractivity contribution >= 4 is 18.0 Å². The van der Waals surface area contributed by atoms with Crippen LogP contribution < -0.4 is 4.74 Å². The minimum atomic E-state index is -0.514. The summed E-state index contributed by atoms with van der Waals surface area (Å²) in [5.74, 6) is 0.979. The molecule has 1 aromatic carbocycles. The molecule has 0 radical (unpaired) electrons. The molecule has 1 aliphatic carbocycles. The molecule has 3 aliphatic rings. The Morgan fingerprint density at radius 1 is 1.26 bits per heavy atom. The summed E-state index contributed by atoms with van der Waals surface area (Å²) in [5, 5.41) is 0.